The molecule has 0 radical (unpaired) electrons. The molecule has 4 rings (SSSR count). The first-order valence-electron chi connectivity index (χ1n) is 10.1. The quantitative estimate of drug-likeness (QED) is 0.472. The number of fused-ring (bicyclic) bond motifs is 1. The number of nitrogens with one attached hydrogen (secondary N) is 2. The SMILES string of the molecule is Cc1ccc(SCC(=O)Nc2sc3c(c2C(=O)Nc2ccccc2)CCCC3)cc1. The van der Waals surface area contributed by atoms with Gasteiger partial charge in [-0.1, -0.05) is 35.9 Å². The molecule has 4 nitrogen and oxygen atoms in total. The number of benzene rings is 2. The minimum atomic E-state index is -0.151. The van der Waals surface area contributed by atoms with E-state index >= 15 is 0 Å². The van der Waals surface area contributed by atoms with Gasteiger partial charge in [0.15, 0.2) is 0 Å². The Morgan fingerprint density at radius 2 is 1.70 bits per heavy atom. The topological polar surface area (TPSA) is 58.2 Å². The fraction of sp³-hybridized carbons (Fsp3) is 0.250. The lowest BCUT2D eigenvalue weighted by molar-refractivity contribution is -0.113. The summed E-state index contributed by atoms with van der Waals surface area (Å²) in [5.41, 5.74) is 3.68. The van der Waals surface area contributed by atoms with E-state index in [0.717, 1.165) is 41.8 Å². The van der Waals surface area contributed by atoms with Gasteiger partial charge in [0, 0.05) is 15.5 Å². The van der Waals surface area contributed by atoms with Crippen molar-refractivity contribution >= 4 is 45.6 Å². The molecule has 30 heavy (non-hydrogen) atoms. The van der Waals surface area contributed by atoms with Crippen molar-refractivity contribution in [3.05, 3.63) is 76.2 Å². The summed E-state index contributed by atoms with van der Waals surface area (Å²) in [6, 6.07) is 17.6. The number of hydrogen-bond donors (Lipinski definition) is 2. The minimum Gasteiger partial charge on any atom is -0.322 e. The van der Waals surface area contributed by atoms with E-state index in [1.165, 1.54) is 22.2 Å². The van der Waals surface area contributed by atoms with Crippen LogP contribution < -0.4 is 10.6 Å². The van der Waals surface area contributed by atoms with Crippen molar-refractivity contribution in [2.75, 3.05) is 16.4 Å². The molecule has 1 aliphatic rings. The number of thiophene rings is 1. The molecule has 1 aliphatic carbocycles. The molecule has 6 heteroatoms. The van der Waals surface area contributed by atoms with Crippen molar-refractivity contribution in [3.63, 3.8) is 0 Å². The lowest BCUT2D eigenvalue weighted by atomic mass is 9.95. The molecule has 0 saturated heterocycles. The number of anilines is 2. The smallest absolute Gasteiger partial charge is 0.258 e. The standard InChI is InChI=1S/C24H24N2O2S2/c1-16-11-13-18(14-12-16)29-15-21(27)26-24-22(19-9-5-6-10-20(19)30-24)23(28)25-17-7-3-2-4-8-17/h2-4,7-8,11-14H,5-6,9-10,15H2,1H3,(H,25,28)(H,26,27). The zero-order chi connectivity index (χ0) is 20.9. The van der Waals surface area contributed by atoms with E-state index in [9.17, 15) is 9.59 Å². The van der Waals surface area contributed by atoms with Crippen LogP contribution in [0.1, 0.15) is 39.2 Å². The van der Waals surface area contributed by atoms with Gasteiger partial charge in [-0.15, -0.1) is 23.1 Å². The Hall–Kier alpha value is -2.57. The molecule has 0 bridgehead atoms. The second kappa shape index (κ2) is 9.49. The fourth-order valence-corrected chi connectivity index (χ4v) is 5.56. The van der Waals surface area contributed by atoms with Crippen LogP contribution in [0.5, 0.6) is 0 Å². The summed E-state index contributed by atoms with van der Waals surface area (Å²) in [6.45, 7) is 2.04. The summed E-state index contributed by atoms with van der Waals surface area (Å²) in [5.74, 6) is 0.0702. The number of hydrogen-bond acceptors (Lipinski definition) is 4. The first kappa shape index (κ1) is 20.7. The van der Waals surface area contributed by atoms with Crippen LogP contribution in [0.2, 0.25) is 0 Å². The average molecular weight is 437 g/mol. The molecule has 1 heterocycles. The van der Waals surface area contributed by atoms with Gasteiger partial charge in [0.1, 0.15) is 5.00 Å². The predicted molar refractivity (Wildman–Crippen MR) is 126 cm³/mol. The Balaban J connectivity index is 1.50. The van der Waals surface area contributed by atoms with E-state index in [2.05, 4.69) is 10.6 Å². The normalized spacial score (nSPS) is 12.8. The summed E-state index contributed by atoms with van der Waals surface area (Å²) < 4.78 is 0. The van der Waals surface area contributed by atoms with Gasteiger partial charge in [-0.2, -0.15) is 0 Å². The van der Waals surface area contributed by atoms with Crippen molar-refractivity contribution in [2.24, 2.45) is 0 Å². The number of carbonyl (C=O) groups is 2. The molecular weight excluding hydrogens is 412 g/mol. The molecule has 154 valence electrons. The highest BCUT2D eigenvalue weighted by Crippen LogP contribution is 2.38. The number of amides is 2. The lowest BCUT2D eigenvalue weighted by Gasteiger charge is -2.13. The maximum atomic E-state index is 13.1. The number of thioether (sulfide) groups is 1. The van der Waals surface area contributed by atoms with Crippen LogP contribution in [0.25, 0.3) is 0 Å². The summed E-state index contributed by atoms with van der Waals surface area (Å²) in [5, 5.41) is 6.67. The van der Waals surface area contributed by atoms with Crippen LogP contribution >= 0.6 is 23.1 Å². The van der Waals surface area contributed by atoms with Gasteiger partial charge < -0.3 is 10.6 Å². The summed E-state index contributed by atoms with van der Waals surface area (Å²) >= 11 is 3.05. The van der Waals surface area contributed by atoms with E-state index in [1.54, 1.807) is 11.3 Å². The van der Waals surface area contributed by atoms with Gasteiger partial charge in [-0.25, -0.2) is 0 Å². The van der Waals surface area contributed by atoms with Crippen LogP contribution in [0.4, 0.5) is 10.7 Å². The monoisotopic (exact) mass is 436 g/mol. The summed E-state index contributed by atoms with van der Waals surface area (Å²) in [7, 11) is 0. The maximum absolute atomic E-state index is 13.1. The van der Waals surface area contributed by atoms with Gasteiger partial charge in [-0.3, -0.25) is 9.59 Å². The Morgan fingerprint density at radius 1 is 0.967 bits per heavy atom. The third-order valence-corrected chi connectivity index (χ3v) is 7.29. The lowest BCUT2D eigenvalue weighted by Crippen LogP contribution is -2.19. The number of carbonyl (C=O) groups excluding carboxylic acids is 2. The zero-order valence-corrected chi connectivity index (χ0v) is 18.5. The molecule has 0 spiro atoms. The zero-order valence-electron chi connectivity index (χ0n) is 16.9. The third kappa shape index (κ3) is 4.94. The largest absolute Gasteiger partial charge is 0.322 e. The molecule has 2 aromatic carbocycles. The van der Waals surface area contributed by atoms with E-state index in [-0.39, 0.29) is 11.8 Å². The highest BCUT2D eigenvalue weighted by Gasteiger charge is 2.26. The van der Waals surface area contributed by atoms with E-state index < -0.39 is 0 Å². The number of rotatable bonds is 6. The molecule has 3 aromatic rings. The molecule has 0 atom stereocenters. The van der Waals surface area contributed by atoms with Crippen LogP contribution in [-0.2, 0) is 17.6 Å². The molecule has 2 N–H and O–H groups in total. The highest BCUT2D eigenvalue weighted by molar-refractivity contribution is 8.00. The van der Waals surface area contributed by atoms with Crippen molar-refractivity contribution in [3.8, 4) is 0 Å². The molecular formula is C24H24N2O2S2. The third-order valence-electron chi connectivity index (χ3n) is 5.07. The first-order valence-corrected chi connectivity index (χ1v) is 11.9. The molecule has 0 unspecified atom stereocenters. The van der Waals surface area contributed by atoms with Crippen LogP contribution in [0.15, 0.2) is 59.5 Å². The van der Waals surface area contributed by atoms with Crippen LogP contribution in [0, 0.1) is 6.92 Å². The van der Waals surface area contributed by atoms with Crippen LogP contribution in [0.3, 0.4) is 0 Å². The van der Waals surface area contributed by atoms with Crippen LogP contribution in [-0.4, -0.2) is 17.6 Å². The van der Waals surface area contributed by atoms with Gasteiger partial charge in [0.2, 0.25) is 5.91 Å². The van der Waals surface area contributed by atoms with Crippen molar-refractivity contribution in [1.29, 1.82) is 0 Å². The van der Waals surface area contributed by atoms with E-state index in [0.29, 0.717) is 16.3 Å². The molecule has 0 aliphatic heterocycles. The Labute approximate surface area is 185 Å². The van der Waals surface area contributed by atoms with Crippen molar-refractivity contribution in [1.82, 2.24) is 0 Å². The molecule has 0 saturated carbocycles. The van der Waals surface area contributed by atoms with Gasteiger partial charge in [0.05, 0.1) is 11.3 Å². The molecule has 1 aromatic heterocycles. The first-order chi connectivity index (χ1) is 14.6. The molecule has 0 fully saturated rings. The number of aryl methyl sites for hydroxylation is 2. The second-order valence-corrected chi connectivity index (χ2v) is 9.54. The Kier molecular flexibility index (Phi) is 6.55. The van der Waals surface area contributed by atoms with Gasteiger partial charge in [0.25, 0.3) is 5.91 Å². The van der Waals surface area contributed by atoms with E-state index in [1.807, 2.05) is 61.5 Å². The number of para-hydroxylation sites is 1. The highest BCUT2D eigenvalue weighted by atomic mass is 32.2. The fourth-order valence-electron chi connectivity index (χ4n) is 3.56. The van der Waals surface area contributed by atoms with Crippen molar-refractivity contribution < 1.29 is 9.59 Å². The average Bonchev–Trinajstić information content (AvgIpc) is 3.12. The Bertz CT molecular complexity index is 1040. The molecule has 2 amide bonds. The van der Waals surface area contributed by atoms with E-state index in [4.69, 9.17) is 0 Å². The van der Waals surface area contributed by atoms with Crippen molar-refractivity contribution in [2.45, 2.75) is 37.5 Å². The summed E-state index contributed by atoms with van der Waals surface area (Å²) in [6.07, 6.45) is 4.06. The minimum absolute atomic E-state index is 0.0899. The second-order valence-electron chi connectivity index (χ2n) is 7.39. The summed E-state index contributed by atoms with van der Waals surface area (Å²) in [4.78, 5) is 28.0. The van der Waals surface area contributed by atoms with Gasteiger partial charge in [-0.05, 0) is 62.4 Å². The Morgan fingerprint density at radius 3 is 2.47 bits per heavy atom. The van der Waals surface area contributed by atoms with Gasteiger partial charge >= 0.3 is 0 Å². The maximum Gasteiger partial charge on any atom is 0.258 e. The predicted octanol–water partition coefficient (Wildman–Crippen LogP) is 5.92.